The number of ketones is 1. The van der Waals surface area contributed by atoms with Gasteiger partial charge in [-0.15, -0.1) is 0 Å². The van der Waals surface area contributed by atoms with E-state index in [0.717, 1.165) is 11.1 Å². The van der Waals surface area contributed by atoms with Crippen LogP contribution >= 0.6 is 0 Å². The highest BCUT2D eigenvalue weighted by Crippen LogP contribution is 2.37. The minimum absolute atomic E-state index is 0.0224. The Morgan fingerprint density at radius 2 is 2.00 bits per heavy atom. The molecule has 2 atom stereocenters. The summed E-state index contributed by atoms with van der Waals surface area (Å²) in [5.74, 6) is -0.234. The van der Waals surface area contributed by atoms with Crippen LogP contribution in [-0.2, 0) is 16.0 Å². The lowest BCUT2D eigenvalue weighted by Gasteiger charge is -2.26. The predicted octanol–water partition coefficient (Wildman–Crippen LogP) is 0.446. The van der Waals surface area contributed by atoms with Gasteiger partial charge in [-0.05, 0) is 11.1 Å². The van der Waals surface area contributed by atoms with Crippen LogP contribution in [-0.4, -0.2) is 34.3 Å². The van der Waals surface area contributed by atoms with Gasteiger partial charge in [0.1, 0.15) is 0 Å². The number of carbonyl (C=O) groups is 2. The summed E-state index contributed by atoms with van der Waals surface area (Å²) in [5.41, 5.74) is 2.04. The Bertz CT molecular complexity index is 497. The zero-order valence-electron chi connectivity index (χ0n) is 9.30. The Morgan fingerprint density at radius 1 is 1.24 bits per heavy atom. The van der Waals surface area contributed by atoms with Gasteiger partial charge in [0.05, 0.1) is 25.1 Å². The lowest BCUT2D eigenvalue weighted by molar-refractivity contribution is -0.131. The number of aliphatic hydroxyl groups is 1. The van der Waals surface area contributed by atoms with Crippen molar-refractivity contribution in [3.05, 3.63) is 35.4 Å². The quantitative estimate of drug-likeness (QED) is 0.714. The fraction of sp³-hybridized carbons (Fsp3) is 0.385. The maximum Gasteiger partial charge on any atom is 0.231 e. The number of fused-ring (bicyclic) bond motifs is 1. The van der Waals surface area contributed by atoms with Gasteiger partial charge in [0.25, 0.3) is 0 Å². The molecular weight excluding hydrogens is 218 g/mol. The maximum absolute atomic E-state index is 11.7. The van der Waals surface area contributed by atoms with Crippen molar-refractivity contribution in [3.8, 4) is 0 Å². The average Bonchev–Trinajstić information content (AvgIpc) is 2.77. The van der Waals surface area contributed by atoms with Crippen molar-refractivity contribution in [2.75, 3.05) is 6.54 Å². The molecule has 1 aromatic rings. The van der Waals surface area contributed by atoms with E-state index in [1.165, 1.54) is 4.90 Å². The topological polar surface area (TPSA) is 57.6 Å². The Balaban J connectivity index is 1.98. The number of Topliss-reactive ketones (excluding diaryl/α,β-unsaturated/α-hetero) is 1. The third kappa shape index (κ3) is 1.56. The lowest BCUT2D eigenvalue weighted by atomic mass is 10.1. The van der Waals surface area contributed by atoms with Gasteiger partial charge in [-0.1, -0.05) is 24.3 Å². The first-order valence-corrected chi connectivity index (χ1v) is 5.74. The molecule has 3 rings (SSSR count). The minimum Gasteiger partial charge on any atom is -0.390 e. The van der Waals surface area contributed by atoms with E-state index in [4.69, 9.17) is 0 Å². The molecule has 4 heteroatoms. The van der Waals surface area contributed by atoms with E-state index >= 15 is 0 Å². The van der Waals surface area contributed by atoms with Crippen molar-refractivity contribution in [3.63, 3.8) is 0 Å². The third-order valence-electron chi connectivity index (χ3n) is 3.52. The summed E-state index contributed by atoms with van der Waals surface area (Å²) >= 11 is 0. The molecule has 0 unspecified atom stereocenters. The molecule has 0 saturated carbocycles. The van der Waals surface area contributed by atoms with Crippen molar-refractivity contribution in [2.24, 2.45) is 0 Å². The SMILES string of the molecule is O=C1CC(=O)N([C@@H]2c3ccccc3C[C@@H]2O)C1. The van der Waals surface area contributed by atoms with Crippen molar-refractivity contribution in [2.45, 2.75) is 25.0 Å². The molecule has 1 aliphatic carbocycles. The maximum atomic E-state index is 11.7. The van der Waals surface area contributed by atoms with Crippen LogP contribution in [0, 0.1) is 0 Å². The fourth-order valence-corrected chi connectivity index (χ4v) is 2.79. The molecule has 0 bridgehead atoms. The second-order valence-electron chi connectivity index (χ2n) is 4.65. The van der Waals surface area contributed by atoms with E-state index in [2.05, 4.69) is 0 Å². The number of likely N-dealkylation sites (tertiary alicyclic amines) is 1. The molecule has 1 N–H and O–H groups in total. The molecule has 1 aromatic carbocycles. The Morgan fingerprint density at radius 3 is 2.71 bits per heavy atom. The highest BCUT2D eigenvalue weighted by atomic mass is 16.3. The molecule has 2 aliphatic rings. The van der Waals surface area contributed by atoms with E-state index in [1.54, 1.807) is 0 Å². The molecule has 4 nitrogen and oxygen atoms in total. The number of amides is 1. The first kappa shape index (κ1) is 10.5. The number of hydrogen-bond donors (Lipinski definition) is 1. The molecule has 0 spiro atoms. The molecule has 1 saturated heterocycles. The Labute approximate surface area is 98.9 Å². The highest BCUT2D eigenvalue weighted by molar-refractivity contribution is 6.05. The van der Waals surface area contributed by atoms with Crippen LogP contribution in [0.4, 0.5) is 0 Å². The van der Waals surface area contributed by atoms with Gasteiger partial charge < -0.3 is 10.0 Å². The van der Waals surface area contributed by atoms with Crippen LogP contribution in [0.2, 0.25) is 0 Å². The Hall–Kier alpha value is -1.68. The minimum atomic E-state index is -0.595. The van der Waals surface area contributed by atoms with E-state index in [1.807, 2.05) is 24.3 Å². The average molecular weight is 231 g/mol. The number of hydrogen-bond acceptors (Lipinski definition) is 3. The molecule has 1 aliphatic heterocycles. The van der Waals surface area contributed by atoms with Gasteiger partial charge in [0, 0.05) is 6.42 Å². The van der Waals surface area contributed by atoms with Crippen molar-refractivity contribution >= 4 is 11.7 Å². The number of carbonyl (C=O) groups excluding carboxylic acids is 2. The van der Waals surface area contributed by atoms with Gasteiger partial charge >= 0.3 is 0 Å². The number of nitrogens with zero attached hydrogens (tertiary/aromatic N) is 1. The summed E-state index contributed by atoms with van der Waals surface area (Å²) in [6.07, 6.45) is -0.0632. The second-order valence-corrected chi connectivity index (χ2v) is 4.65. The predicted molar refractivity (Wildman–Crippen MR) is 60.2 cm³/mol. The Kier molecular flexibility index (Phi) is 2.26. The third-order valence-corrected chi connectivity index (χ3v) is 3.52. The van der Waals surface area contributed by atoms with Gasteiger partial charge in [-0.25, -0.2) is 0 Å². The lowest BCUT2D eigenvalue weighted by Crippen LogP contribution is -2.35. The largest absolute Gasteiger partial charge is 0.390 e. The van der Waals surface area contributed by atoms with Gasteiger partial charge in [0.2, 0.25) is 5.91 Å². The van der Waals surface area contributed by atoms with Crippen LogP contribution in [0.15, 0.2) is 24.3 Å². The number of rotatable bonds is 1. The van der Waals surface area contributed by atoms with E-state index in [-0.39, 0.29) is 30.7 Å². The second kappa shape index (κ2) is 3.67. The molecule has 0 aromatic heterocycles. The molecule has 1 amide bonds. The van der Waals surface area contributed by atoms with Crippen LogP contribution in [0.3, 0.4) is 0 Å². The summed E-state index contributed by atoms with van der Waals surface area (Å²) in [6.45, 7) is 0.134. The summed E-state index contributed by atoms with van der Waals surface area (Å²) in [4.78, 5) is 24.5. The first-order valence-electron chi connectivity index (χ1n) is 5.74. The van der Waals surface area contributed by atoms with Crippen LogP contribution in [0.5, 0.6) is 0 Å². The zero-order valence-corrected chi connectivity index (χ0v) is 9.30. The highest BCUT2D eigenvalue weighted by Gasteiger charge is 2.41. The van der Waals surface area contributed by atoms with Crippen molar-refractivity contribution in [1.82, 2.24) is 4.90 Å². The van der Waals surface area contributed by atoms with E-state index in [9.17, 15) is 14.7 Å². The van der Waals surface area contributed by atoms with Crippen LogP contribution < -0.4 is 0 Å². The van der Waals surface area contributed by atoms with Gasteiger partial charge in [-0.2, -0.15) is 0 Å². The van der Waals surface area contributed by atoms with Crippen molar-refractivity contribution < 1.29 is 14.7 Å². The zero-order chi connectivity index (χ0) is 12.0. The summed E-state index contributed by atoms with van der Waals surface area (Å²) in [6, 6.07) is 7.36. The number of aliphatic hydroxyl groups excluding tert-OH is 1. The molecule has 1 fully saturated rings. The number of benzene rings is 1. The summed E-state index contributed by atoms with van der Waals surface area (Å²) in [5, 5.41) is 10.1. The first-order chi connectivity index (χ1) is 8.16. The van der Waals surface area contributed by atoms with Crippen LogP contribution in [0.25, 0.3) is 0 Å². The smallest absolute Gasteiger partial charge is 0.231 e. The monoisotopic (exact) mass is 231 g/mol. The van der Waals surface area contributed by atoms with Crippen LogP contribution in [0.1, 0.15) is 23.6 Å². The van der Waals surface area contributed by atoms with E-state index in [0.29, 0.717) is 6.42 Å². The van der Waals surface area contributed by atoms with Gasteiger partial charge in [0.15, 0.2) is 5.78 Å². The molecule has 0 radical (unpaired) electrons. The van der Waals surface area contributed by atoms with E-state index < -0.39 is 6.10 Å². The molecule has 88 valence electrons. The molecule has 17 heavy (non-hydrogen) atoms. The standard InChI is InChI=1S/C13H13NO3/c15-9-6-12(17)14(7-9)13-10-4-2-1-3-8(10)5-11(13)16/h1-4,11,13,16H,5-7H2/t11-,13+/m0/s1. The summed E-state index contributed by atoms with van der Waals surface area (Å²) < 4.78 is 0. The van der Waals surface area contributed by atoms with Gasteiger partial charge in [-0.3, -0.25) is 9.59 Å². The fourth-order valence-electron chi connectivity index (χ4n) is 2.79. The van der Waals surface area contributed by atoms with Crippen molar-refractivity contribution in [1.29, 1.82) is 0 Å². The normalized spacial score (nSPS) is 27.7. The molecular formula is C13H13NO3. The summed E-state index contributed by atoms with van der Waals surface area (Å²) in [7, 11) is 0. The molecule has 1 heterocycles.